The van der Waals surface area contributed by atoms with E-state index in [2.05, 4.69) is 10.4 Å². The third-order valence-electron chi connectivity index (χ3n) is 2.90. The molecule has 0 unspecified atom stereocenters. The van der Waals surface area contributed by atoms with Gasteiger partial charge in [0.1, 0.15) is 5.75 Å². The fourth-order valence-electron chi connectivity index (χ4n) is 1.72. The van der Waals surface area contributed by atoms with Gasteiger partial charge in [-0.15, -0.1) is 0 Å². The molecule has 110 valence electrons. The molecule has 2 aromatic rings. The van der Waals surface area contributed by atoms with Crippen LogP contribution in [-0.4, -0.2) is 18.0 Å². The number of hydrazine groups is 1. The second-order valence-corrected chi connectivity index (χ2v) is 4.35. The Balaban J connectivity index is 1.83. The van der Waals surface area contributed by atoms with E-state index in [1.807, 2.05) is 24.3 Å². The second kappa shape index (κ2) is 7.37. The highest BCUT2D eigenvalue weighted by atomic mass is 16.5. The van der Waals surface area contributed by atoms with Gasteiger partial charge in [0, 0.05) is 6.20 Å². The number of nitrogens with zero attached hydrogens (tertiary/aromatic N) is 1. The average molecular weight is 287 g/mol. The van der Waals surface area contributed by atoms with Crippen molar-refractivity contribution in [3.8, 4) is 5.75 Å². The van der Waals surface area contributed by atoms with Crippen LogP contribution in [0.1, 0.15) is 21.6 Å². The molecule has 0 fully saturated rings. The molecular weight excluding hydrogens is 270 g/mol. The van der Waals surface area contributed by atoms with Gasteiger partial charge in [0.2, 0.25) is 0 Å². The summed E-state index contributed by atoms with van der Waals surface area (Å²) in [6.07, 6.45) is 1.47. The highest BCUT2D eigenvalue weighted by Crippen LogP contribution is 2.12. The van der Waals surface area contributed by atoms with E-state index in [-0.39, 0.29) is 5.91 Å². The van der Waals surface area contributed by atoms with Crippen LogP contribution in [0.4, 0.5) is 0 Å². The van der Waals surface area contributed by atoms with Gasteiger partial charge in [-0.2, -0.15) is 0 Å². The average Bonchev–Trinajstić information content (AvgIpc) is 2.55. The Hall–Kier alpha value is -2.44. The minimum atomic E-state index is -0.367. The largest absolute Gasteiger partial charge is 0.497 e. The number of ether oxygens (including phenoxy) is 2. The summed E-state index contributed by atoms with van der Waals surface area (Å²) < 4.78 is 10.7. The molecule has 2 rings (SSSR count). The van der Waals surface area contributed by atoms with Gasteiger partial charge in [0.05, 0.1) is 31.6 Å². The van der Waals surface area contributed by atoms with Crippen LogP contribution in [0.2, 0.25) is 0 Å². The smallest absolute Gasteiger partial charge is 0.266 e. The third kappa shape index (κ3) is 4.27. The first-order valence-corrected chi connectivity index (χ1v) is 6.39. The highest BCUT2D eigenvalue weighted by molar-refractivity contribution is 5.93. The molecule has 6 nitrogen and oxygen atoms in total. The molecule has 1 amide bonds. The fraction of sp³-hybridized carbons (Fsp3) is 0.200. The Morgan fingerprint density at radius 1 is 1.19 bits per heavy atom. The third-order valence-corrected chi connectivity index (χ3v) is 2.90. The maximum atomic E-state index is 11.3. The lowest BCUT2D eigenvalue weighted by atomic mass is 10.2. The quantitative estimate of drug-likeness (QED) is 0.476. The summed E-state index contributed by atoms with van der Waals surface area (Å²) in [5, 5.41) is 0. The van der Waals surface area contributed by atoms with E-state index in [1.54, 1.807) is 19.2 Å². The number of pyridine rings is 1. The maximum Gasteiger partial charge on any atom is 0.266 e. The van der Waals surface area contributed by atoms with Crippen molar-refractivity contribution in [3.63, 3.8) is 0 Å². The van der Waals surface area contributed by atoms with Gasteiger partial charge in [0.25, 0.3) is 5.91 Å². The zero-order valence-electron chi connectivity index (χ0n) is 11.7. The number of hydrogen-bond acceptors (Lipinski definition) is 5. The number of carbonyl (C=O) groups is 1. The lowest BCUT2D eigenvalue weighted by Crippen LogP contribution is -2.30. The Morgan fingerprint density at radius 2 is 1.95 bits per heavy atom. The van der Waals surface area contributed by atoms with Crippen molar-refractivity contribution >= 4 is 5.91 Å². The van der Waals surface area contributed by atoms with Crippen LogP contribution < -0.4 is 16.0 Å². The van der Waals surface area contributed by atoms with E-state index >= 15 is 0 Å². The van der Waals surface area contributed by atoms with E-state index in [1.165, 1.54) is 6.20 Å². The molecule has 0 bridgehead atoms. The molecule has 1 heterocycles. The first-order chi connectivity index (χ1) is 10.2. The standard InChI is InChI=1S/C15H17N3O3/c1-20-14-6-2-11(3-7-14)9-21-10-13-5-4-12(8-17-13)15(19)18-16/h2-8H,9-10,16H2,1H3,(H,18,19). The van der Waals surface area contributed by atoms with Crippen LogP contribution in [0.5, 0.6) is 5.75 Å². The van der Waals surface area contributed by atoms with Crippen molar-refractivity contribution in [1.29, 1.82) is 0 Å². The Morgan fingerprint density at radius 3 is 2.52 bits per heavy atom. The number of aromatic nitrogens is 1. The van der Waals surface area contributed by atoms with Crippen LogP contribution in [0, 0.1) is 0 Å². The van der Waals surface area contributed by atoms with E-state index < -0.39 is 0 Å². The molecule has 0 aliphatic heterocycles. The molecule has 0 aliphatic rings. The minimum absolute atomic E-state index is 0.367. The predicted octanol–water partition coefficient (Wildman–Crippen LogP) is 1.41. The zero-order valence-corrected chi connectivity index (χ0v) is 11.7. The van der Waals surface area contributed by atoms with E-state index in [0.29, 0.717) is 18.8 Å². The molecule has 1 aromatic heterocycles. The minimum Gasteiger partial charge on any atom is -0.497 e. The molecule has 0 radical (unpaired) electrons. The maximum absolute atomic E-state index is 11.3. The normalized spacial score (nSPS) is 10.2. The van der Waals surface area contributed by atoms with Gasteiger partial charge in [0.15, 0.2) is 0 Å². The van der Waals surface area contributed by atoms with Crippen molar-refractivity contribution in [2.75, 3.05) is 7.11 Å². The number of methoxy groups -OCH3 is 1. The predicted molar refractivity (Wildman–Crippen MR) is 77.4 cm³/mol. The molecule has 0 saturated heterocycles. The van der Waals surface area contributed by atoms with Crippen LogP contribution in [0.3, 0.4) is 0 Å². The van der Waals surface area contributed by atoms with E-state index in [4.69, 9.17) is 15.3 Å². The molecule has 0 spiro atoms. The first-order valence-electron chi connectivity index (χ1n) is 6.39. The number of rotatable bonds is 6. The molecule has 0 aliphatic carbocycles. The van der Waals surface area contributed by atoms with E-state index in [0.717, 1.165) is 17.0 Å². The molecule has 21 heavy (non-hydrogen) atoms. The zero-order chi connectivity index (χ0) is 15.1. The van der Waals surface area contributed by atoms with Gasteiger partial charge >= 0.3 is 0 Å². The first kappa shape index (κ1) is 15.0. The summed E-state index contributed by atoms with van der Waals surface area (Å²) >= 11 is 0. The van der Waals surface area contributed by atoms with Gasteiger partial charge in [-0.25, -0.2) is 5.84 Å². The van der Waals surface area contributed by atoms with E-state index in [9.17, 15) is 4.79 Å². The molecule has 1 aromatic carbocycles. The van der Waals surface area contributed by atoms with Crippen molar-refractivity contribution in [2.45, 2.75) is 13.2 Å². The fourth-order valence-corrected chi connectivity index (χ4v) is 1.72. The molecule has 3 N–H and O–H groups in total. The highest BCUT2D eigenvalue weighted by Gasteiger charge is 2.04. The molecule has 6 heteroatoms. The van der Waals surface area contributed by atoms with Crippen molar-refractivity contribution in [2.24, 2.45) is 5.84 Å². The van der Waals surface area contributed by atoms with Crippen molar-refractivity contribution < 1.29 is 14.3 Å². The number of carbonyl (C=O) groups excluding carboxylic acids is 1. The lowest BCUT2D eigenvalue weighted by Gasteiger charge is -2.06. The van der Waals surface area contributed by atoms with Gasteiger partial charge < -0.3 is 9.47 Å². The summed E-state index contributed by atoms with van der Waals surface area (Å²) in [5.41, 5.74) is 4.27. The Bertz CT molecular complexity index is 582. The van der Waals surface area contributed by atoms with Crippen LogP contribution in [-0.2, 0) is 18.0 Å². The van der Waals surface area contributed by atoms with Crippen LogP contribution >= 0.6 is 0 Å². The summed E-state index contributed by atoms with van der Waals surface area (Å²) in [4.78, 5) is 15.4. The second-order valence-electron chi connectivity index (χ2n) is 4.35. The topological polar surface area (TPSA) is 86.5 Å². The van der Waals surface area contributed by atoms with Crippen LogP contribution in [0.15, 0.2) is 42.6 Å². The lowest BCUT2D eigenvalue weighted by molar-refractivity contribution is 0.0951. The SMILES string of the molecule is COc1ccc(COCc2ccc(C(=O)NN)cn2)cc1. The number of nitrogens with two attached hydrogens (primary N) is 1. The van der Waals surface area contributed by atoms with Gasteiger partial charge in [-0.05, 0) is 29.8 Å². The summed E-state index contributed by atoms with van der Waals surface area (Å²) in [5.74, 6) is 5.49. The Kier molecular flexibility index (Phi) is 5.25. The number of hydrogen-bond donors (Lipinski definition) is 2. The number of nitrogens with one attached hydrogen (secondary N) is 1. The summed E-state index contributed by atoms with van der Waals surface area (Å²) in [6, 6.07) is 11.1. The number of benzene rings is 1. The number of amides is 1. The van der Waals surface area contributed by atoms with Gasteiger partial charge in [-0.1, -0.05) is 12.1 Å². The van der Waals surface area contributed by atoms with Crippen molar-refractivity contribution in [1.82, 2.24) is 10.4 Å². The number of nitrogen functional groups attached to an aromatic ring is 1. The van der Waals surface area contributed by atoms with Crippen LogP contribution in [0.25, 0.3) is 0 Å². The Labute approximate surface area is 122 Å². The van der Waals surface area contributed by atoms with Gasteiger partial charge in [-0.3, -0.25) is 15.2 Å². The monoisotopic (exact) mass is 287 g/mol. The summed E-state index contributed by atoms with van der Waals surface area (Å²) in [7, 11) is 1.63. The molecular formula is C15H17N3O3. The summed E-state index contributed by atoms with van der Waals surface area (Å²) in [6.45, 7) is 0.854. The molecule has 0 saturated carbocycles. The van der Waals surface area contributed by atoms with Crippen molar-refractivity contribution in [3.05, 3.63) is 59.4 Å². The molecule has 0 atom stereocenters.